The SMILES string of the molecule is COc1ccc(CCC(=O)NCCn2nc(-c3ccccn3)c3c2CCCC3)cc1. The monoisotopic (exact) mass is 404 g/mol. The number of carbonyl (C=O) groups is 1. The highest BCUT2D eigenvalue weighted by molar-refractivity contribution is 5.76. The number of aryl methyl sites for hydroxylation is 1. The van der Waals surface area contributed by atoms with Gasteiger partial charge in [0.15, 0.2) is 0 Å². The Morgan fingerprint density at radius 3 is 2.73 bits per heavy atom. The largest absolute Gasteiger partial charge is 0.497 e. The number of aromatic nitrogens is 3. The molecule has 0 radical (unpaired) electrons. The highest BCUT2D eigenvalue weighted by Crippen LogP contribution is 2.30. The molecule has 0 atom stereocenters. The molecule has 0 unspecified atom stereocenters. The van der Waals surface area contributed by atoms with E-state index >= 15 is 0 Å². The number of fused-ring (bicyclic) bond motifs is 1. The summed E-state index contributed by atoms with van der Waals surface area (Å²) in [7, 11) is 1.65. The molecule has 0 bridgehead atoms. The molecule has 1 amide bonds. The van der Waals surface area contributed by atoms with Crippen LogP contribution in [0.4, 0.5) is 0 Å². The van der Waals surface area contributed by atoms with Gasteiger partial charge in [-0.2, -0.15) is 5.10 Å². The second-order valence-electron chi connectivity index (χ2n) is 7.62. The summed E-state index contributed by atoms with van der Waals surface area (Å²) in [6.07, 6.45) is 7.48. The van der Waals surface area contributed by atoms with Crippen molar-refractivity contribution in [1.82, 2.24) is 20.1 Å². The molecule has 3 aromatic rings. The molecule has 30 heavy (non-hydrogen) atoms. The van der Waals surface area contributed by atoms with Crippen LogP contribution >= 0.6 is 0 Å². The number of carbonyl (C=O) groups excluding carboxylic acids is 1. The molecule has 1 aliphatic rings. The Balaban J connectivity index is 1.33. The molecule has 1 aromatic carbocycles. The topological polar surface area (TPSA) is 69.0 Å². The maximum atomic E-state index is 12.3. The molecule has 2 heterocycles. The number of hydrogen-bond acceptors (Lipinski definition) is 4. The Morgan fingerprint density at radius 1 is 1.13 bits per heavy atom. The van der Waals surface area contributed by atoms with Crippen LogP contribution in [0.15, 0.2) is 48.7 Å². The van der Waals surface area contributed by atoms with E-state index in [9.17, 15) is 4.79 Å². The number of nitrogens with one attached hydrogen (secondary N) is 1. The van der Waals surface area contributed by atoms with Crippen molar-refractivity contribution in [2.24, 2.45) is 0 Å². The van der Waals surface area contributed by atoms with Crippen molar-refractivity contribution in [2.45, 2.75) is 45.1 Å². The second kappa shape index (κ2) is 9.57. The molecule has 6 heteroatoms. The maximum Gasteiger partial charge on any atom is 0.220 e. The zero-order valence-corrected chi connectivity index (χ0v) is 17.4. The molecule has 0 fully saturated rings. The molecule has 0 spiro atoms. The number of benzene rings is 1. The van der Waals surface area contributed by atoms with Gasteiger partial charge >= 0.3 is 0 Å². The van der Waals surface area contributed by atoms with Crippen molar-refractivity contribution in [1.29, 1.82) is 0 Å². The Hall–Kier alpha value is -3.15. The normalized spacial score (nSPS) is 13.0. The number of rotatable bonds is 8. The van der Waals surface area contributed by atoms with E-state index in [1.54, 1.807) is 7.11 Å². The third-order valence-electron chi connectivity index (χ3n) is 5.61. The number of methoxy groups -OCH3 is 1. The lowest BCUT2D eigenvalue weighted by atomic mass is 9.95. The highest BCUT2D eigenvalue weighted by atomic mass is 16.5. The first-order valence-electron chi connectivity index (χ1n) is 10.6. The number of hydrogen-bond donors (Lipinski definition) is 1. The molecule has 4 rings (SSSR count). The maximum absolute atomic E-state index is 12.3. The fourth-order valence-corrected chi connectivity index (χ4v) is 4.00. The Morgan fingerprint density at radius 2 is 1.97 bits per heavy atom. The molecule has 6 nitrogen and oxygen atoms in total. The molecule has 1 aliphatic carbocycles. The average Bonchev–Trinajstić information content (AvgIpc) is 3.17. The second-order valence-corrected chi connectivity index (χ2v) is 7.62. The van der Waals surface area contributed by atoms with E-state index in [4.69, 9.17) is 9.84 Å². The molecule has 156 valence electrons. The van der Waals surface area contributed by atoms with E-state index in [-0.39, 0.29) is 5.91 Å². The average molecular weight is 405 g/mol. The summed E-state index contributed by atoms with van der Waals surface area (Å²) in [5.41, 5.74) is 5.68. The zero-order valence-electron chi connectivity index (χ0n) is 17.4. The number of pyridine rings is 1. The van der Waals surface area contributed by atoms with Crippen LogP contribution in [0, 0.1) is 0 Å². The number of ether oxygens (including phenoxy) is 1. The molecule has 0 saturated carbocycles. The third-order valence-corrected chi connectivity index (χ3v) is 5.61. The highest BCUT2D eigenvalue weighted by Gasteiger charge is 2.22. The van der Waals surface area contributed by atoms with Gasteiger partial charge in [0.25, 0.3) is 0 Å². The molecule has 0 saturated heterocycles. The van der Waals surface area contributed by atoms with Gasteiger partial charge in [0.1, 0.15) is 11.4 Å². The quantitative estimate of drug-likeness (QED) is 0.623. The summed E-state index contributed by atoms with van der Waals surface area (Å²) in [6.45, 7) is 1.26. The summed E-state index contributed by atoms with van der Waals surface area (Å²) < 4.78 is 7.24. The lowest BCUT2D eigenvalue weighted by Crippen LogP contribution is -2.28. The van der Waals surface area contributed by atoms with Crippen LogP contribution < -0.4 is 10.1 Å². The summed E-state index contributed by atoms with van der Waals surface area (Å²) in [6, 6.07) is 13.8. The fourth-order valence-electron chi connectivity index (χ4n) is 4.00. The van der Waals surface area contributed by atoms with Gasteiger partial charge in [-0.3, -0.25) is 14.5 Å². The van der Waals surface area contributed by atoms with Crippen molar-refractivity contribution >= 4 is 5.91 Å². The van der Waals surface area contributed by atoms with Crippen LogP contribution in [0.5, 0.6) is 5.75 Å². The predicted molar refractivity (Wildman–Crippen MR) is 116 cm³/mol. The minimum absolute atomic E-state index is 0.0665. The lowest BCUT2D eigenvalue weighted by molar-refractivity contribution is -0.121. The van der Waals surface area contributed by atoms with Crippen molar-refractivity contribution in [2.75, 3.05) is 13.7 Å². The fraction of sp³-hybridized carbons (Fsp3) is 0.375. The van der Waals surface area contributed by atoms with Gasteiger partial charge in [0.05, 0.1) is 19.3 Å². The first-order valence-corrected chi connectivity index (χ1v) is 10.6. The van der Waals surface area contributed by atoms with Crippen LogP contribution in [-0.2, 0) is 30.6 Å². The number of amides is 1. The van der Waals surface area contributed by atoms with E-state index in [1.807, 2.05) is 48.7 Å². The van der Waals surface area contributed by atoms with Crippen LogP contribution in [0.3, 0.4) is 0 Å². The van der Waals surface area contributed by atoms with Crippen molar-refractivity contribution < 1.29 is 9.53 Å². The summed E-state index contributed by atoms with van der Waals surface area (Å²) >= 11 is 0. The molecule has 0 aliphatic heterocycles. The minimum Gasteiger partial charge on any atom is -0.497 e. The third kappa shape index (κ3) is 4.70. The van der Waals surface area contributed by atoms with Crippen LogP contribution in [-0.4, -0.2) is 34.3 Å². The van der Waals surface area contributed by atoms with E-state index < -0.39 is 0 Å². The van der Waals surface area contributed by atoms with Crippen LogP contribution in [0.25, 0.3) is 11.4 Å². The summed E-state index contributed by atoms with van der Waals surface area (Å²) in [5.74, 6) is 0.896. The number of nitrogens with zero attached hydrogens (tertiary/aromatic N) is 3. The van der Waals surface area contributed by atoms with E-state index in [0.29, 0.717) is 19.5 Å². The van der Waals surface area contributed by atoms with E-state index in [0.717, 1.165) is 42.0 Å². The van der Waals surface area contributed by atoms with Gasteiger partial charge in [-0.1, -0.05) is 18.2 Å². The van der Waals surface area contributed by atoms with E-state index in [1.165, 1.54) is 24.1 Å². The van der Waals surface area contributed by atoms with Crippen molar-refractivity contribution in [3.05, 3.63) is 65.5 Å². The molecular formula is C24H28N4O2. The van der Waals surface area contributed by atoms with Gasteiger partial charge in [-0.25, -0.2) is 0 Å². The van der Waals surface area contributed by atoms with Gasteiger partial charge in [-0.15, -0.1) is 0 Å². The Kier molecular flexibility index (Phi) is 6.42. The molecule has 2 aromatic heterocycles. The van der Waals surface area contributed by atoms with Crippen LogP contribution in [0.1, 0.15) is 36.1 Å². The van der Waals surface area contributed by atoms with Crippen LogP contribution in [0.2, 0.25) is 0 Å². The predicted octanol–water partition coefficient (Wildman–Crippen LogP) is 3.58. The van der Waals surface area contributed by atoms with Crippen molar-refractivity contribution in [3.8, 4) is 17.1 Å². The summed E-state index contributed by atoms with van der Waals surface area (Å²) in [5, 5.41) is 7.90. The van der Waals surface area contributed by atoms with E-state index in [2.05, 4.69) is 15.0 Å². The molecular weight excluding hydrogens is 376 g/mol. The van der Waals surface area contributed by atoms with Gasteiger partial charge in [-0.05, 0) is 61.9 Å². The first-order chi connectivity index (χ1) is 14.7. The minimum atomic E-state index is 0.0665. The summed E-state index contributed by atoms with van der Waals surface area (Å²) in [4.78, 5) is 16.8. The van der Waals surface area contributed by atoms with Gasteiger partial charge in [0.2, 0.25) is 5.91 Å². The van der Waals surface area contributed by atoms with Gasteiger partial charge in [0, 0.05) is 30.4 Å². The standard InChI is InChI=1S/C24H28N4O2/c1-30-19-12-9-18(10-13-19)11-14-23(29)26-16-17-28-22-8-3-2-6-20(22)24(27-28)21-7-4-5-15-25-21/h4-5,7,9-10,12-13,15H,2-3,6,8,11,14,16-17H2,1H3,(H,26,29). The Bertz CT molecular complexity index is 980. The Labute approximate surface area is 177 Å². The van der Waals surface area contributed by atoms with Gasteiger partial charge < -0.3 is 10.1 Å². The molecule has 1 N–H and O–H groups in total. The lowest BCUT2D eigenvalue weighted by Gasteiger charge is -2.14. The smallest absolute Gasteiger partial charge is 0.220 e. The first kappa shape index (κ1) is 20.1. The zero-order chi connectivity index (χ0) is 20.8. The van der Waals surface area contributed by atoms with Crippen molar-refractivity contribution in [3.63, 3.8) is 0 Å².